The number of aliphatic hydroxyl groups excluding tert-OH is 3. The van der Waals surface area contributed by atoms with Crippen LogP contribution >= 0.6 is 11.6 Å². The number of hydrogen-bond acceptors (Lipinski definition) is 5. The number of amides is 1. The molecule has 8 nitrogen and oxygen atoms in total. The average molecular weight is 454 g/mol. The second kappa shape index (κ2) is 9.52. The first-order valence-electron chi connectivity index (χ1n) is 9.94. The highest BCUT2D eigenvalue weighted by Crippen LogP contribution is 2.37. The molecule has 8 N–H and O–H groups in total. The SMILES string of the molecule is CCOc1ccc(Cc2cc([C@@H]3[OH+][C@](C[OH2+])(C(N)=O)[C@@H](O)[C@H](O)[C@H]3O)ccc2Cl)cc1. The molecular formula is C22H28ClNO7+2. The molecule has 0 spiro atoms. The van der Waals surface area contributed by atoms with E-state index in [4.69, 9.17) is 27.2 Å². The van der Waals surface area contributed by atoms with E-state index >= 15 is 0 Å². The summed E-state index contributed by atoms with van der Waals surface area (Å²) >= 11 is 6.38. The van der Waals surface area contributed by atoms with E-state index in [1.807, 2.05) is 31.2 Å². The zero-order chi connectivity index (χ0) is 22.8. The molecular weight excluding hydrogens is 426 g/mol. The molecule has 3 rings (SSSR count). The third-order valence-electron chi connectivity index (χ3n) is 5.59. The molecule has 0 saturated carbocycles. The van der Waals surface area contributed by atoms with Gasteiger partial charge in [-0.05, 0) is 54.8 Å². The van der Waals surface area contributed by atoms with E-state index in [-0.39, 0.29) is 0 Å². The Balaban J connectivity index is 1.91. The fourth-order valence-electron chi connectivity index (χ4n) is 3.78. The second-order valence-electron chi connectivity index (χ2n) is 7.57. The normalized spacial score (nSPS) is 28.3. The molecule has 168 valence electrons. The van der Waals surface area contributed by atoms with Crippen molar-refractivity contribution in [2.75, 3.05) is 13.2 Å². The van der Waals surface area contributed by atoms with Gasteiger partial charge >= 0.3 is 11.5 Å². The highest BCUT2D eigenvalue weighted by atomic mass is 35.5. The summed E-state index contributed by atoms with van der Waals surface area (Å²) in [5.74, 6) is -0.268. The van der Waals surface area contributed by atoms with Gasteiger partial charge in [0, 0.05) is 10.6 Å². The molecule has 0 unspecified atom stereocenters. The Labute approximate surface area is 184 Å². The Kier molecular flexibility index (Phi) is 7.20. The van der Waals surface area contributed by atoms with Gasteiger partial charge in [-0.15, -0.1) is 0 Å². The van der Waals surface area contributed by atoms with Gasteiger partial charge in [0.05, 0.1) is 6.61 Å². The molecule has 5 atom stereocenters. The van der Waals surface area contributed by atoms with Crippen LogP contribution in [0.5, 0.6) is 5.75 Å². The summed E-state index contributed by atoms with van der Waals surface area (Å²) in [6.45, 7) is 1.83. The maximum absolute atomic E-state index is 12.0. The molecule has 0 aromatic heterocycles. The van der Waals surface area contributed by atoms with Crippen LogP contribution in [-0.2, 0) is 11.2 Å². The molecule has 1 aliphatic rings. The lowest BCUT2D eigenvalue weighted by atomic mass is 9.82. The molecule has 9 heteroatoms. The summed E-state index contributed by atoms with van der Waals surface area (Å²) in [4.78, 5) is 12.0. The lowest BCUT2D eigenvalue weighted by molar-refractivity contribution is -0.341. The van der Waals surface area contributed by atoms with E-state index in [1.54, 1.807) is 18.2 Å². The molecule has 2 aromatic rings. The van der Waals surface area contributed by atoms with Gasteiger partial charge in [0.1, 0.15) is 11.9 Å². The largest absolute Gasteiger partial charge is 0.494 e. The first kappa shape index (κ1) is 23.5. The fourth-order valence-corrected chi connectivity index (χ4v) is 3.96. The number of primary amides is 1. The van der Waals surface area contributed by atoms with Crippen LogP contribution in [0.4, 0.5) is 0 Å². The lowest BCUT2D eigenvalue weighted by Gasteiger charge is -2.41. The number of nitrogens with two attached hydrogens (primary N) is 1. The van der Waals surface area contributed by atoms with Crippen molar-refractivity contribution in [2.45, 2.75) is 43.4 Å². The van der Waals surface area contributed by atoms with Crippen molar-refractivity contribution < 1.29 is 34.7 Å². The predicted octanol–water partition coefficient (Wildman–Crippen LogP) is -0.0564. The standard InChI is InChI=1S/C22H26ClNO7/c1-2-30-15-6-3-12(4-7-15)9-14-10-13(5-8-16(14)23)19-17(26)18(27)20(28)22(11-25,31-19)21(24)29/h3-8,10,17-20,25-28H,2,9,11H2,1H3,(H2,24,29)/p+2/t17-,18-,19+,20+,22+/m1/s1. The maximum Gasteiger partial charge on any atom is 0.341 e. The Morgan fingerprint density at radius 1 is 1.19 bits per heavy atom. The summed E-state index contributed by atoms with van der Waals surface area (Å²) in [5, 5.41) is 39.4. The van der Waals surface area contributed by atoms with E-state index in [1.165, 1.54) is 0 Å². The average Bonchev–Trinajstić information content (AvgIpc) is 2.76. The molecule has 0 aliphatic carbocycles. The zero-order valence-corrected chi connectivity index (χ0v) is 17.8. The number of rotatable bonds is 7. The Morgan fingerprint density at radius 2 is 1.87 bits per heavy atom. The van der Waals surface area contributed by atoms with E-state index in [0.29, 0.717) is 23.6 Å². The van der Waals surface area contributed by atoms with Crippen molar-refractivity contribution in [2.24, 2.45) is 5.73 Å². The fraction of sp³-hybridized carbons (Fsp3) is 0.409. The van der Waals surface area contributed by atoms with Crippen molar-refractivity contribution in [3.05, 3.63) is 64.2 Å². The van der Waals surface area contributed by atoms with Gasteiger partial charge in [0.25, 0.3) is 0 Å². The van der Waals surface area contributed by atoms with Crippen molar-refractivity contribution in [3.8, 4) is 5.75 Å². The third kappa shape index (κ3) is 4.55. The first-order chi connectivity index (χ1) is 14.7. The van der Waals surface area contributed by atoms with Gasteiger partial charge in [0.2, 0.25) is 12.7 Å². The summed E-state index contributed by atoms with van der Waals surface area (Å²) in [7, 11) is 0. The van der Waals surface area contributed by atoms with Gasteiger partial charge in [-0.25, -0.2) is 0 Å². The smallest absolute Gasteiger partial charge is 0.341 e. The molecule has 1 aliphatic heterocycles. The topological polar surface area (TPSA) is 149 Å². The number of carbonyl (C=O) groups is 1. The number of carbonyl (C=O) groups excluding carboxylic acids is 1. The summed E-state index contributed by atoms with van der Waals surface area (Å²) in [5.41, 5.74) is 5.61. The van der Waals surface area contributed by atoms with Crippen LogP contribution in [0.3, 0.4) is 0 Å². The second-order valence-corrected chi connectivity index (χ2v) is 7.98. The first-order valence-corrected chi connectivity index (χ1v) is 10.3. The summed E-state index contributed by atoms with van der Waals surface area (Å²) in [6, 6.07) is 12.6. The van der Waals surface area contributed by atoms with Gasteiger partial charge in [0.15, 0.2) is 12.2 Å². The number of aliphatic hydroxyl groups is 5. The van der Waals surface area contributed by atoms with E-state index in [0.717, 1.165) is 16.9 Å². The van der Waals surface area contributed by atoms with Crippen LogP contribution in [0.25, 0.3) is 0 Å². The van der Waals surface area contributed by atoms with Crippen molar-refractivity contribution in [1.82, 2.24) is 0 Å². The van der Waals surface area contributed by atoms with E-state index in [2.05, 4.69) is 4.74 Å². The molecule has 1 amide bonds. The zero-order valence-electron chi connectivity index (χ0n) is 17.0. The molecule has 0 radical (unpaired) electrons. The highest BCUT2D eigenvalue weighted by Gasteiger charge is 2.64. The van der Waals surface area contributed by atoms with Crippen LogP contribution in [0.1, 0.15) is 29.7 Å². The minimum Gasteiger partial charge on any atom is -0.494 e. The lowest BCUT2D eigenvalue weighted by Crippen LogP contribution is -2.70. The van der Waals surface area contributed by atoms with E-state index in [9.17, 15) is 20.1 Å². The minimum absolute atomic E-state index is 0.489. The molecule has 2 aromatic carbocycles. The van der Waals surface area contributed by atoms with Gasteiger partial charge in [-0.3, -0.25) is 4.79 Å². The highest BCUT2D eigenvalue weighted by molar-refractivity contribution is 6.31. The van der Waals surface area contributed by atoms with Crippen molar-refractivity contribution >= 4 is 17.5 Å². The molecule has 1 heterocycles. The Morgan fingerprint density at radius 3 is 2.45 bits per heavy atom. The van der Waals surface area contributed by atoms with Gasteiger partial charge in [-0.1, -0.05) is 23.7 Å². The monoisotopic (exact) mass is 453 g/mol. The molecule has 0 bridgehead atoms. The van der Waals surface area contributed by atoms with Crippen molar-refractivity contribution in [3.63, 3.8) is 0 Å². The quantitative estimate of drug-likeness (QED) is 0.433. The molecule has 1 fully saturated rings. The summed E-state index contributed by atoms with van der Waals surface area (Å²) < 4.78 is 9.69. The third-order valence-corrected chi connectivity index (χ3v) is 5.96. The van der Waals surface area contributed by atoms with Gasteiger partial charge < -0.3 is 35.6 Å². The van der Waals surface area contributed by atoms with Crippen molar-refractivity contribution in [1.29, 1.82) is 0 Å². The Hall–Kier alpha value is -2.20. The van der Waals surface area contributed by atoms with Crippen LogP contribution in [0.15, 0.2) is 42.5 Å². The predicted molar refractivity (Wildman–Crippen MR) is 115 cm³/mol. The number of hydrogen-bond donors (Lipinski definition) is 4. The molecule has 1 saturated heterocycles. The number of benzene rings is 2. The van der Waals surface area contributed by atoms with Gasteiger partial charge in [-0.2, -0.15) is 0 Å². The van der Waals surface area contributed by atoms with Crippen LogP contribution in [-0.4, -0.2) is 68.2 Å². The summed E-state index contributed by atoms with van der Waals surface area (Å²) in [6.07, 6.45) is -5.51. The molecule has 31 heavy (non-hydrogen) atoms. The minimum atomic E-state index is -2.02. The van der Waals surface area contributed by atoms with Crippen LogP contribution in [0.2, 0.25) is 5.02 Å². The number of halogens is 1. The van der Waals surface area contributed by atoms with Crippen LogP contribution < -0.4 is 10.5 Å². The van der Waals surface area contributed by atoms with Crippen LogP contribution in [0, 0.1) is 0 Å². The Bertz CT molecular complexity index is 923. The van der Waals surface area contributed by atoms with E-state index < -0.39 is 42.5 Å². The number of ether oxygens (including phenoxy) is 2. The maximum atomic E-state index is 12.0.